The summed E-state index contributed by atoms with van der Waals surface area (Å²) in [5.41, 5.74) is 5.55. The van der Waals surface area contributed by atoms with E-state index in [-0.39, 0.29) is 29.7 Å². The minimum absolute atomic E-state index is 0.0729. The van der Waals surface area contributed by atoms with Gasteiger partial charge in [-0.1, -0.05) is 12.1 Å². The molecule has 7 nitrogen and oxygen atoms in total. The molecule has 0 saturated heterocycles. The van der Waals surface area contributed by atoms with E-state index in [4.69, 9.17) is 10.2 Å². The van der Waals surface area contributed by atoms with Crippen molar-refractivity contribution in [1.29, 1.82) is 0 Å². The molecule has 0 radical (unpaired) electrons. The van der Waals surface area contributed by atoms with Gasteiger partial charge in [0, 0.05) is 11.6 Å². The maximum atomic E-state index is 13.1. The molecule has 10 heteroatoms. The van der Waals surface area contributed by atoms with Crippen molar-refractivity contribution < 1.29 is 32.3 Å². The molecule has 2 aromatic heterocycles. The van der Waals surface area contributed by atoms with Gasteiger partial charge in [0.1, 0.15) is 23.1 Å². The lowest BCUT2D eigenvalue weighted by molar-refractivity contribution is -0.141. The Kier molecular flexibility index (Phi) is 6.30. The number of aromatic nitrogens is 1. The second-order valence-corrected chi connectivity index (χ2v) is 6.98. The second-order valence-electron chi connectivity index (χ2n) is 6.98. The smallest absolute Gasteiger partial charge is 0.433 e. The van der Waals surface area contributed by atoms with Crippen LogP contribution in [0.1, 0.15) is 32.9 Å². The van der Waals surface area contributed by atoms with Crippen molar-refractivity contribution in [2.75, 3.05) is 6.61 Å². The predicted molar refractivity (Wildman–Crippen MR) is 105 cm³/mol. The maximum absolute atomic E-state index is 13.1. The summed E-state index contributed by atoms with van der Waals surface area (Å²) in [5, 5.41) is 12.0. The van der Waals surface area contributed by atoms with Crippen molar-refractivity contribution in [3.63, 3.8) is 0 Å². The number of aryl methyl sites for hydroxylation is 3. The number of primary amides is 1. The molecule has 0 aliphatic carbocycles. The summed E-state index contributed by atoms with van der Waals surface area (Å²) in [6.45, 7) is 0.909. The lowest BCUT2D eigenvalue weighted by atomic mass is 10.0. The number of carbonyl (C=O) groups excluding carboxylic acids is 2. The number of rotatable bonds is 7. The minimum atomic E-state index is -4.54. The molecule has 0 aliphatic rings. The number of nitrogens with zero attached hydrogens (tertiary/aromatic N) is 1. The molecule has 0 spiro atoms. The Morgan fingerprint density at radius 2 is 2.00 bits per heavy atom. The number of hydrogen-bond donors (Lipinski definition) is 3. The largest absolute Gasteiger partial charge is 0.461 e. The third-order valence-corrected chi connectivity index (χ3v) is 4.83. The summed E-state index contributed by atoms with van der Waals surface area (Å²) in [7, 11) is 0. The lowest BCUT2D eigenvalue weighted by Crippen LogP contribution is -2.46. The Labute approximate surface area is 175 Å². The summed E-state index contributed by atoms with van der Waals surface area (Å²) in [6.07, 6.45) is -3.07. The fourth-order valence-electron chi connectivity index (χ4n) is 3.32. The van der Waals surface area contributed by atoms with E-state index in [0.29, 0.717) is 16.5 Å². The van der Waals surface area contributed by atoms with Crippen LogP contribution in [0.2, 0.25) is 0 Å². The lowest BCUT2D eigenvalue weighted by Gasteiger charge is -2.12. The first-order valence-electron chi connectivity index (χ1n) is 9.36. The number of aliphatic hydroxyl groups is 1. The van der Waals surface area contributed by atoms with Crippen LogP contribution in [0.4, 0.5) is 13.2 Å². The highest BCUT2D eigenvalue weighted by molar-refractivity contribution is 6.08. The molecular weight excluding hydrogens is 415 g/mol. The number of pyridine rings is 1. The number of alkyl halides is 3. The Morgan fingerprint density at radius 3 is 2.65 bits per heavy atom. The number of aliphatic hydroxyl groups excluding tert-OH is 1. The maximum Gasteiger partial charge on any atom is 0.433 e. The van der Waals surface area contributed by atoms with E-state index < -0.39 is 36.3 Å². The molecule has 2 heterocycles. The average molecular weight is 435 g/mol. The van der Waals surface area contributed by atoms with Gasteiger partial charge in [0.15, 0.2) is 0 Å². The minimum Gasteiger partial charge on any atom is -0.461 e. The first-order valence-corrected chi connectivity index (χ1v) is 9.36. The van der Waals surface area contributed by atoms with Crippen LogP contribution in [0.25, 0.3) is 11.0 Å². The van der Waals surface area contributed by atoms with Gasteiger partial charge in [-0.3, -0.25) is 14.6 Å². The third kappa shape index (κ3) is 4.85. The first kappa shape index (κ1) is 22.3. The number of benzene rings is 1. The average Bonchev–Trinajstić information content (AvgIpc) is 3.04. The van der Waals surface area contributed by atoms with E-state index in [9.17, 15) is 27.9 Å². The predicted octanol–water partition coefficient (Wildman–Crippen LogP) is 2.52. The monoisotopic (exact) mass is 435 g/mol. The number of amides is 2. The Morgan fingerprint density at radius 1 is 1.26 bits per heavy atom. The van der Waals surface area contributed by atoms with Gasteiger partial charge in [-0.2, -0.15) is 13.2 Å². The van der Waals surface area contributed by atoms with Crippen molar-refractivity contribution in [2.45, 2.75) is 32.0 Å². The molecule has 2 amide bonds. The van der Waals surface area contributed by atoms with Crippen LogP contribution in [-0.2, 0) is 23.8 Å². The van der Waals surface area contributed by atoms with Crippen LogP contribution >= 0.6 is 0 Å². The van der Waals surface area contributed by atoms with Gasteiger partial charge in [0.05, 0.1) is 12.2 Å². The van der Waals surface area contributed by atoms with Crippen LogP contribution in [0, 0.1) is 6.92 Å². The van der Waals surface area contributed by atoms with Gasteiger partial charge >= 0.3 is 6.18 Å². The van der Waals surface area contributed by atoms with E-state index in [2.05, 4.69) is 10.3 Å². The van der Waals surface area contributed by atoms with E-state index in [1.807, 2.05) is 0 Å². The fourth-order valence-corrected chi connectivity index (χ4v) is 3.32. The number of furan rings is 1. The van der Waals surface area contributed by atoms with Crippen molar-refractivity contribution in [2.24, 2.45) is 5.73 Å². The standard InChI is InChI=1S/C21H20F3N3O4/c1-11-17(20(30)27-15(10-28)19(25)29)14-9-12(5-7-16(14)31-11)4-6-13-3-2-8-26-18(13)21(22,23)24/h2-3,5,7-9,15,28H,4,6,10H2,1H3,(H2,25,29)(H,27,30)/t15-/m0/s1. The van der Waals surface area contributed by atoms with E-state index in [1.54, 1.807) is 25.1 Å². The van der Waals surface area contributed by atoms with Crippen molar-refractivity contribution in [3.8, 4) is 0 Å². The molecule has 0 fully saturated rings. The van der Waals surface area contributed by atoms with E-state index in [0.717, 1.165) is 6.20 Å². The number of nitrogens with two attached hydrogens (primary N) is 1. The van der Waals surface area contributed by atoms with Gasteiger partial charge in [0.25, 0.3) is 5.91 Å². The third-order valence-electron chi connectivity index (χ3n) is 4.83. The highest BCUT2D eigenvalue weighted by atomic mass is 19.4. The van der Waals surface area contributed by atoms with Gasteiger partial charge in [-0.25, -0.2) is 0 Å². The van der Waals surface area contributed by atoms with Crippen molar-refractivity contribution in [3.05, 3.63) is 64.7 Å². The highest BCUT2D eigenvalue weighted by Gasteiger charge is 2.34. The van der Waals surface area contributed by atoms with Crippen LogP contribution < -0.4 is 11.1 Å². The van der Waals surface area contributed by atoms with Crippen molar-refractivity contribution in [1.82, 2.24) is 10.3 Å². The number of hydrogen-bond acceptors (Lipinski definition) is 5. The number of fused-ring (bicyclic) bond motifs is 1. The normalized spacial score (nSPS) is 12.7. The molecule has 3 aromatic rings. The molecule has 31 heavy (non-hydrogen) atoms. The SMILES string of the molecule is Cc1oc2ccc(CCc3cccnc3C(F)(F)F)cc2c1C(=O)N[C@@H](CO)C(N)=O. The van der Waals surface area contributed by atoms with Crippen LogP contribution in [0.5, 0.6) is 0 Å². The summed E-state index contributed by atoms with van der Waals surface area (Å²) in [6, 6.07) is 6.56. The Bertz CT molecular complexity index is 1120. The van der Waals surface area contributed by atoms with E-state index >= 15 is 0 Å². The quantitative estimate of drug-likeness (QED) is 0.527. The highest BCUT2D eigenvalue weighted by Crippen LogP contribution is 2.31. The Balaban J connectivity index is 1.87. The molecular formula is C21H20F3N3O4. The van der Waals surface area contributed by atoms with Crippen LogP contribution in [-0.4, -0.2) is 34.6 Å². The topological polar surface area (TPSA) is 118 Å². The molecule has 4 N–H and O–H groups in total. The van der Waals surface area contributed by atoms with Gasteiger partial charge < -0.3 is 20.6 Å². The van der Waals surface area contributed by atoms with Gasteiger partial charge in [0.2, 0.25) is 5.91 Å². The molecule has 0 saturated carbocycles. The molecule has 0 bridgehead atoms. The fraction of sp³-hybridized carbons (Fsp3) is 0.286. The molecule has 1 aromatic carbocycles. The Hall–Kier alpha value is -3.40. The number of carbonyl (C=O) groups is 2. The summed E-state index contributed by atoms with van der Waals surface area (Å²) in [5.74, 6) is -1.26. The summed E-state index contributed by atoms with van der Waals surface area (Å²) >= 11 is 0. The molecule has 0 unspecified atom stereocenters. The summed E-state index contributed by atoms with van der Waals surface area (Å²) < 4.78 is 45.0. The first-order chi connectivity index (χ1) is 14.6. The molecule has 3 rings (SSSR count). The van der Waals surface area contributed by atoms with Crippen LogP contribution in [0.3, 0.4) is 0 Å². The zero-order chi connectivity index (χ0) is 22.8. The number of halogens is 3. The summed E-state index contributed by atoms with van der Waals surface area (Å²) in [4.78, 5) is 27.4. The van der Waals surface area contributed by atoms with E-state index in [1.165, 1.54) is 12.1 Å². The molecule has 164 valence electrons. The molecule has 0 aliphatic heterocycles. The second kappa shape index (κ2) is 8.76. The van der Waals surface area contributed by atoms with Gasteiger partial charge in [-0.05, 0) is 49.1 Å². The van der Waals surface area contributed by atoms with Crippen LogP contribution in [0.15, 0.2) is 40.9 Å². The van der Waals surface area contributed by atoms with Crippen molar-refractivity contribution >= 4 is 22.8 Å². The zero-order valence-corrected chi connectivity index (χ0v) is 16.5. The molecule has 1 atom stereocenters. The van der Waals surface area contributed by atoms with Gasteiger partial charge in [-0.15, -0.1) is 0 Å². The zero-order valence-electron chi connectivity index (χ0n) is 16.5. The number of nitrogens with one attached hydrogen (secondary N) is 1.